The average Bonchev–Trinajstić information content (AvgIpc) is 2.92. The fourth-order valence-electron chi connectivity index (χ4n) is 3.30. The van der Waals surface area contributed by atoms with E-state index in [9.17, 15) is 9.90 Å². The lowest BCUT2D eigenvalue weighted by Crippen LogP contribution is -2.43. The minimum atomic E-state index is -0.0284. The number of hydrogen-bond donors (Lipinski definition) is 2. The molecular formula is C19H27N3O3. The summed E-state index contributed by atoms with van der Waals surface area (Å²) in [7, 11) is 0. The number of amides is 1. The third-order valence-corrected chi connectivity index (χ3v) is 5.00. The van der Waals surface area contributed by atoms with Crippen molar-refractivity contribution in [2.24, 2.45) is 0 Å². The summed E-state index contributed by atoms with van der Waals surface area (Å²) in [6.07, 6.45) is 0. The SMILES string of the molecule is Cc1[nH]c2ccc(C(=O)N(CCO)CCN3CCOCC3)cc2c1C. The Morgan fingerprint density at radius 1 is 1.28 bits per heavy atom. The predicted octanol–water partition coefficient (Wildman–Crippen LogP) is 1.55. The molecule has 136 valence electrons. The molecule has 0 saturated carbocycles. The third kappa shape index (κ3) is 4.03. The zero-order valence-corrected chi connectivity index (χ0v) is 15.0. The number of carbonyl (C=O) groups is 1. The number of ether oxygens (including phenoxy) is 1. The van der Waals surface area contributed by atoms with Crippen LogP contribution in [0.2, 0.25) is 0 Å². The highest BCUT2D eigenvalue weighted by molar-refractivity contribution is 5.99. The largest absolute Gasteiger partial charge is 0.395 e. The van der Waals surface area contributed by atoms with Crippen LogP contribution in [0.25, 0.3) is 10.9 Å². The van der Waals surface area contributed by atoms with Crippen LogP contribution in [-0.4, -0.2) is 78.3 Å². The minimum absolute atomic E-state index is 0.0255. The van der Waals surface area contributed by atoms with Gasteiger partial charge in [0.05, 0.1) is 19.8 Å². The van der Waals surface area contributed by atoms with E-state index in [2.05, 4.69) is 16.8 Å². The highest BCUT2D eigenvalue weighted by Gasteiger charge is 2.18. The summed E-state index contributed by atoms with van der Waals surface area (Å²) in [5, 5.41) is 10.4. The van der Waals surface area contributed by atoms with Crippen LogP contribution in [0.5, 0.6) is 0 Å². The van der Waals surface area contributed by atoms with E-state index in [0.717, 1.165) is 49.4 Å². The summed E-state index contributed by atoms with van der Waals surface area (Å²) in [5.74, 6) is -0.0255. The number of nitrogens with one attached hydrogen (secondary N) is 1. The third-order valence-electron chi connectivity index (χ3n) is 5.00. The Morgan fingerprint density at radius 2 is 2.04 bits per heavy atom. The number of aryl methyl sites for hydroxylation is 2. The number of nitrogens with zero attached hydrogens (tertiary/aromatic N) is 2. The molecule has 0 atom stereocenters. The van der Waals surface area contributed by atoms with Gasteiger partial charge >= 0.3 is 0 Å². The molecule has 0 unspecified atom stereocenters. The van der Waals surface area contributed by atoms with Gasteiger partial charge in [-0.05, 0) is 37.6 Å². The molecule has 3 rings (SSSR count). The van der Waals surface area contributed by atoms with Crippen LogP contribution in [0.15, 0.2) is 18.2 Å². The molecule has 2 aromatic rings. The van der Waals surface area contributed by atoms with Crippen LogP contribution in [0.1, 0.15) is 21.6 Å². The summed E-state index contributed by atoms with van der Waals surface area (Å²) >= 11 is 0. The number of benzene rings is 1. The zero-order valence-electron chi connectivity index (χ0n) is 15.0. The highest BCUT2D eigenvalue weighted by Crippen LogP contribution is 2.23. The maximum atomic E-state index is 12.9. The number of aliphatic hydroxyl groups excluding tert-OH is 1. The number of carbonyl (C=O) groups excluding carboxylic acids is 1. The molecule has 1 aliphatic rings. The van der Waals surface area contributed by atoms with Crippen molar-refractivity contribution in [3.63, 3.8) is 0 Å². The van der Waals surface area contributed by atoms with E-state index in [-0.39, 0.29) is 12.5 Å². The van der Waals surface area contributed by atoms with Gasteiger partial charge in [0.15, 0.2) is 0 Å². The molecule has 1 fully saturated rings. The van der Waals surface area contributed by atoms with Gasteiger partial charge in [-0.3, -0.25) is 9.69 Å². The first kappa shape index (κ1) is 17.9. The predicted molar refractivity (Wildman–Crippen MR) is 98.0 cm³/mol. The smallest absolute Gasteiger partial charge is 0.253 e. The van der Waals surface area contributed by atoms with Gasteiger partial charge in [-0.25, -0.2) is 0 Å². The van der Waals surface area contributed by atoms with Gasteiger partial charge in [-0.2, -0.15) is 0 Å². The Labute approximate surface area is 148 Å². The number of aliphatic hydroxyl groups is 1. The number of rotatable bonds is 6. The number of hydrogen-bond acceptors (Lipinski definition) is 4. The monoisotopic (exact) mass is 345 g/mol. The van der Waals surface area contributed by atoms with Gasteiger partial charge in [-0.1, -0.05) is 0 Å². The van der Waals surface area contributed by atoms with E-state index in [1.165, 1.54) is 5.56 Å². The number of aromatic amines is 1. The second-order valence-corrected chi connectivity index (χ2v) is 6.61. The first-order chi connectivity index (χ1) is 12.1. The van der Waals surface area contributed by atoms with Crippen LogP contribution in [-0.2, 0) is 4.74 Å². The fourth-order valence-corrected chi connectivity index (χ4v) is 3.30. The molecular weight excluding hydrogens is 318 g/mol. The van der Waals surface area contributed by atoms with Crippen molar-refractivity contribution in [3.05, 3.63) is 35.0 Å². The van der Waals surface area contributed by atoms with Gasteiger partial charge in [0, 0.05) is 54.9 Å². The lowest BCUT2D eigenvalue weighted by Gasteiger charge is -2.30. The van der Waals surface area contributed by atoms with Crippen LogP contribution in [0.3, 0.4) is 0 Å². The molecule has 0 radical (unpaired) electrons. The van der Waals surface area contributed by atoms with Gasteiger partial charge in [0.25, 0.3) is 5.91 Å². The average molecular weight is 345 g/mol. The van der Waals surface area contributed by atoms with Crippen molar-refractivity contribution in [2.75, 3.05) is 52.5 Å². The van der Waals surface area contributed by atoms with Crippen LogP contribution in [0.4, 0.5) is 0 Å². The molecule has 2 heterocycles. The first-order valence-corrected chi connectivity index (χ1v) is 8.89. The molecule has 2 N–H and O–H groups in total. The lowest BCUT2D eigenvalue weighted by molar-refractivity contribution is 0.0315. The second-order valence-electron chi connectivity index (χ2n) is 6.61. The summed E-state index contributed by atoms with van der Waals surface area (Å²) in [4.78, 5) is 20.3. The molecule has 6 nitrogen and oxygen atoms in total. The fraction of sp³-hybridized carbons (Fsp3) is 0.526. The standard InChI is InChI=1S/C19H27N3O3/c1-14-15(2)20-18-4-3-16(13-17(14)18)19(24)22(7-10-23)6-5-21-8-11-25-12-9-21/h3-4,13,20,23H,5-12H2,1-2H3. The molecule has 1 aliphatic heterocycles. The maximum Gasteiger partial charge on any atom is 0.253 e. The van der Waals surface area contributed by atoms with Gasteiger partial charge < -0.3 is 19.7 Å². The summed E-state index contributed by atoms with van der Waals surface area (Å²) in [5.41, 5.74) is 4.02. The minimum Gasteiger partial charge on any atom is -0.395 e. The normalized spacial score (nSPS) is 15.6. The van der Waals surface area contributed by atoms with E-state index in [0.29, 0.717) is 18.7 Å². The van der Waals surface area contributed by atoms with E-state index in [1.54, 1.807) is 4.90 Å². The van der Waals surface area contributed by atoms with Crippen molar-refractivity contribution in [1.82, 2.24) is 14.8 Å². The number of morpholine rings is 1. The first-order valence-electron chi connectivity index (χ1n) is 8.89. The summed E-state index contributed by atoms with van der Waals surface area (Å²) in [6.45, 7) is 9.13. The number of aromatic nitrogens is 1. The topological polar surface area (TPSA) is 68.8 Å². The van der Waals surface area contributed by atoms with Gasteiger partial charge in [0.2, 0.25) is 0 Å². The molecule has 1 aromatic carbocycles. The zero-order chi connectivity index (χ0) is 17.8. The number of fused-ring (bicyclic) bond motifs is 1. The Bertz CT molecular complexity index is 735. The lowest BCUT2D eigenvalue weighted by atomic mass is 10.1. The van der Waals surface area contributed by atoms with Crippen molar-refractivity contribution in [2.45, 2.75) is 13.8 Å². The Morgan fingerprint density at radius 3 is 2.76 bits per heavy atom. The van der Waals surface area contributed by atoms with E-state index in [4.69, 9.17) is 4.74 Å². The van der Waals surface area contributed by atoms with Crippen molar-refractivity contribution in [1.29, 1.82) is 0 Å². The quantitative estimate of drug-likeness (QED) is 0.834. The maximum absolute atomic E-state index is 12.9. The Balaban J connectivity index is 1.73. The van der Waals surface area contributed by atoms with E-state index >= 15 is 0 Å². The molecule has 25 heavy (non-hydrogen) atoms. The molecule has 0 spiro atoms. The molecule has 0 bridgehead atoms. The Kier molecular flexibility index (Phi) is 5.73. The van der Waals surface area contributed by atoms with Crippen molar-refractivity contribution >= 4 is 16.8 Å². The van der Waals surface area contributed by atoms with E-state index < -0.39 is 0 Å². The van der Waals surface area contributed by atoms with Crippen LogP contribution >= 0.6 is 0 Å². The van der Waals surface area contributed by atoms with Crippen LogP contribution < -0.4 is 0 Å². The number of H-pyrrole nitrogens is 1. The molecule has 1 amide bonds. The van der Waals surface area contributed by atoms with Crippen molar-refractivity contribution in [3.8, 4) is 0 Å². The molecule has 0 aliphatic carbocycles. The molecule has 6 heteroatoms. The van der Waals surface area contributed by atoms with Gasteiger partial charge in [-0.15, -0.1) is 0 Å². The summed E-state index contributed by atoms with van der Waals surface area (Å²) in [6, 6.07) is 5.77. The second kappa shape index (κ2) is 7.99. The Hall–Kier alpha value is -1.89. The molecule has 1 aromatic heterocycles. The van der Waals surface area contributed by atoms with Crippen molar-refractivity contribution < 1.29 is 14.6 Å². The summed E-state index contributed by atoms with van der Waals surface area (Å²) < 4.78 is 5.36. The van der Waals surface area contributed by atoms with E-state index in [1.807, 2.05) is 25.1 Å². The van der Waals surface area contributed by atoms with Gasteiger partial charge in [0.1, 0.15) is 0 Å². The highest BCUT2D eigenvalue weighted by atomic mass is 16.5. The molecule has 1 saturated heterocycles. The van der Waals surface area contributed by atoms with Crippen LogP contribution in [0, 0.1) is 13.8 Å².